The number of oxazole rings is 1. The quantitative estimate of drug-likeness (QED) is 0.885. The van der Waals surface area contributed by atoms with Gasteiger partial charge in [-0.1, -0.05) is 13.0 Å². The number of nitrogens with one attached hydrogen (secondary N) is 1. The van der Waals surface area contributed by atoms with Crippen molar-refractivity contribution in [3.63, 3.8) is 0 Å². The van der Waals surface area contributed by atoms with Crippen molar-refractivity contribution >= 4 is 0 Å². The lowest BCUT2D eigenvalue weighted by Gasteiger charge is -2.12. The summed E-state index contributed by atoms with van der Waals surface area (Å²) in [7, 11) is 0. The molecular formula is C15H18N2O2. The maximum atomic E-state index is 9.48. The standard InChI is InChI=1S/C15H18N2O2/c1-2-12-8-17-15(19-12)9-16-14-6-3-10-7-11(18)4-5-13(10)14/h4-5,7-8,14,16,18H,2-3,6,9H2,1H3. The molecule has 4 nitrogen and oxygen atoms in total. The van der Waals surface area contributed by atoms with Crippen LogP contribution in [-0.2, 0) is 19.4 Å². The molecule has 1 aliphatic carbocycles. The van der Waals surface area contributed by atoms with Gasteiger partial charge in [0.25, 0.3) is 0 Å². The summed E-state index contributed by atoms with van der Waals surface area (Å²) in [5.74, 6) is 2.01. The van der Waals surface area contributed by atoms with Gasteiger partial charge in [0.15, 0.2) is 0 Å². The first-order chi connectivity index (χ1) is 9.26. The third kappa shape index (κ3) is 2.49. The number of aromatic nitrogens is 1. The molecular weight excluding hydrogens is 240 g/mol. The summed E-state index contributed by atoms with van der Waals surface area (Å²) in [5, 5.41) is 12.9. The van der Waals surface area contributed by atoms with Crippen LogP contribution in [-0.4, -0.2) is 10.1 Å². The molecule has 0 fully saturated rings. The monoisotopic (exact) mass is 258 g/mol. The molecule has 4 heteroatoms. The average Bonchev–Trinajstić information content (AvgIpc) is 3.02. The van der Waals surface area contributed by atoms with Gasteiger partial charge >= 0.3 is 0 Å². The highest BCUT2D eigenvalue weighted by molar-refractivity contribution is 5.40. The van der Waals surface area contributed by atoms with E-state index in [1.807, 2.05) is 12.1 Å². The summed E-state index contributed by atoms with van der Waals surface area (Å²) in [6.45, 7) is 2.70. The molecule has 0 spiro atoms. The van der Waals surface area contributed by atoms with E-state index in [9.17, 15) is 5.11 Å². The van der Waals surface area contributed by atoms with Crippen LogP contribution in [0.3, 0.4) is 0 Å². The van der Waals surface area contributed by atoms with Crippen LogP contribution < -0.4 is 5.32 Å². The second-order valence-electron chi connectivity index (χ2n) is 4.93. The third-order valence-electron chi connectivity index (χ3n) is 3.65. The second kappa shape index (κ2) is 5.05. The van der Waals surface area contributed by atoms with Gasteiger partial charge < -0.3 is 14.8 Å². The van der Waals surface area contributed by atoms with Crippen LogP contribution in [0.1, 0.15) is 42.2 Å². The second-order valence-corrected chi connectivity index (χ2v) is 4.93. The third-order valence-corrected chi connectivity index (χ3v) is 3.65. The van der Waals surface area contributed by atoms with Crippen LogP contribution in [0.5, 0.6) is 5.75 Å². The minimum Gasteiger partial charge on any atom is -0.508 e. The van der Waals surface area contributed by atoms with E-state index in [4.69, 9.17) is 4.42 Å². The van der Waals surface area contributed by atoms with E-state index in [0.717, 1.165) is 30.9 Å². The van der Waals surface area contributed by atoms with Crippen LogP contribution in [0.15, 0.2) is 28.8 Å². The molecule has 1 unspecified atom stereocenters. The van der Waals surface area contributed by atoms with E-state index in [0.29, 0.717) is 18.3 Å². The first-order valence-electron chi connectivity index (χ1n) is 6.75. The Morgan fingerprint density at radius 1 is 1.47 bits per heavy atom. The molecule has 1 aliphatic rings. The van der Waals surface area contributed by atoms with E-state index in [1.165, 1.54) is 11.1 Å². The average molecular weight is 258 g/mol. The van der Waals surface area contributed by atoms with Crippen LogP contribution in [0.25, 0.3) is 0 Å². The number of aromatic hydroxyl groups is 1. The molecule has 19 heavy (non-hydrogen) atoms. The van der Waals surface area contributed by atoms with Crippen molar-refractivity contribution in [1.82, 2.24) is 10.3 Å². The van der Waals surface area contributed by atoms with Gasteiger partial charge in [-0.05, 0) is 36.1 Å². The van der Waals surface area contributed by atoms with E-state index in [2.05, 4.69) is 17.2 Å². The Labute approximate surface area is 112 Å². The van der Waals surface area contributed by atoms with Gasteiger partial charge in [0.05, 0.1) is 12.7 Å². The summed E-state index contributed by atoms with van der Waals surface area (Å²) in [5.41, 5.74) is 2.51. The topological polar surface area (TPSA) is 58.3 Å². The van der Waals surface area contributed by atoms with Gasteiger partial charge in [-0.3, -0.25) is 0 Å². The molecule has 100 valence electrons. The molecule has 1 aromatic heterocycles. The molecule has 2 aromatic rings. The lowest BCUT2D eigenvalue weighted by atomic mass is 10.1. The number of aryl methyl sites for hydroxylation is 2. The predicted molar refractivity (Wildman–Crippen MR) is 71.9 cm³/mol. The zero-order valence-electron chi connectivity index (χ0n) is 11.0. The van der Waals surface area contributed by atoms with Gasteiger partial charge in [0.1, 0.15) is 11.5 Å². The largest absolute Gasteiger partial charge is 0.508 e. The highest BCUT2D eigenvalue weighted by Crippen LogP contribution is 2.33. The summed E-state index contributed by atoms with van der Waals surface area (Å²) in [6.07, 6.45) is 4.73. The Morgan fingerprint density at radius 2 is 2.37 bits per heavy atom. The van der Waals surface area contributed by atoms with E-state index in [1.54, 1.807) is 12.3 Å². The van der Waals surface area contributed by atoms with Crippen molar-refractivity contribution in [1.29, 1.82) is 0 Å². The molecule has 1 heterocycles. The van der Waals surface area contributed by atoms with Gasteiger partial charge in [0.2, 0.25) is 5.89 Å². The Balaban J connectivity index is 1.66. The van der Waals surface area contributed by atoms with E-state index in [-0.39, 0.29) is 0 Å². The van der Waals surface area contributed by atoms with E-state index >= 15 is 0 Å². The predicted octanol–water partition coefficient (Wildman–Crippen LogP) is 2.72. The molecule has 2 N–H and O–H groups in total. The fraction of sp³-hybridized carbons (Fsp3) is 0.400. The number of hydrogen-bond acceptors (Lipinski definition) is 4. The number of rotatable bonds is 4. The Kier molecular flexibility index (Phi) is 3.25. The molecule has 0 amide bonds. The summed E-state index contributed by atoms with van der Waals surface area (Å²) < 4.78 is 5.59. The molecule has 0 aliphatic heterocycles. The van der Waals surface area contributed by atoms with Gasteiger partial charge in [-0.25, -0.2) is 4.98 Å². The zero-order valence-corrected chi connectivity index (χ0v) is 11.0. The molecule has 3 rings (SSSR count). The Bertz CT molecular complexity index is 577. The fourth-order valence-corrected chi connectivity index (χ4v) is 2.62. The van der Waals surface area contributed by atoms with Crippen molar-refractivity contribution < 1.29 is 9.52 Å². The fourth-order valence-electron chi connectivity index (χ4n) is 2.62. The number of phenols is 1. The maximum Gasteiger partial charge on any atom is 0.208 e. The molecule has 0 saturated carbocycles. The number of fused-ring (bicyclic) bond motifs is 1. The van der Waals surface area contributed by atoms with Gasteiger partial charge in [0, 0.05) is 12.5 Å². The molecule has 1 aromatic carbocycles. The molecule has 0 saturated heterocycles. The van der Waals surface area contributed by atoms with Gasteiger partial charge in [-0.15, -0.1) is 0 Å². The van der Waals surface area contributed by atoms with Crippen LogP contribution in [0, 0.1) is 0 Å². The molecule has 1 atom stereocenters. The molecule has 0 radical (unpaired) electrons. The van der Waals surface area contributed by atoms with E-state index < -0.39 is 0 Å². The van der Waals surface area contributed by atoms with Crippen molar-refractivity contribution in [2.45, 2.75) is 38.8 Å². The SMILES string of the molecule is CCc1cnc(CNC2CCc3cc(O)ccc32)o1. The summed E-state index contributed by atoms with van der Waals surface area (Å²) in [4.78, 5) is 4.25. The zero-order chi connectivity index (χ0) is 13.2. The minimum atomic E-state index is 0.326. The molecule has 0 bridgehead atoms. The highest BCUT2D eigenvalue weighted by atomic mass is 16.4. The van der Waals surface area contributed by atoms with Crippen molar-refractivity contribution in [2.75, 3.05) is 0 Å². The lowest BCUT2D eigenvalue weighted by molar-refractivity contribution is 0.416. The highest BCUT2D eigenvalue weighted by Gasteiger charge is 2.22. The smallest absolute Gasteiger partial charge is 0.208 e. The number of phenolic OH excluding ortho intramolecular Hbond substituents is 1. The minimum absolute atomic E-state index is 0.326. The van der Waals surface area contributed by atoms with Crippen LogP contribution in [0.2, 0.25) is 0 Å². The summed E-state index contributed by atoms with van der Waals surface area (Å²) >= 11 is 0. The van der Waals surface area contributed by atoms with Crippen molar-refractivity contribution in [2.24, 2.45) is 0 Å². The lowest BCUT2D eigenvalue weighted by Crippen LogP contribution is -2.18. The van der Waals surface area contributed by atoms with Crippen LogP contribution >= 0.6 is 0 Å². The first kappa shape index (κ1) is 12.2. The Morgan fingerprint density at radius 3 is 3.16 bits per heavy atom. The first-order valence-corrected chi connectivity index (χ1v) is 6.75. The van der Waals surface area contributed by atoms with Crippen molar-refractivity contribution in [3.05, 3.63) is 47.2 Å². The van der Waals surface area contributed by atoms with Crippen LogP contribution in [0.4, 0.5) is 0 Å². The van der Waals surface area contributed by atoms with Gasteiger partial charge in [-0.2, -0.15) is 0 Å². The Hall–Kier alpha value is -1.81. The summed E-state index contributed by atoms with van der Waals surface area (Å²) in [6, 6.07) is 5.94. The number of nitrogens with zero attached hydrogens (tertiary/aromatic N) is 1. The number of hydrogen-bond donors (Lipinski definition) is 2. The normalized spacial score (nSPS) is 17.6. The number of benzene rings is 1. The van der Waals surface area contributed by atoms with Crippen molar-refractivity contribution in [3.8, 4) is 5.75 Å². The maximum absolute atomic E-state index is 9.48.